The number of aromatic nitrogens is 2. The summed E-state index contributed by atoms with van der Waals surface area (Å²) in [5.74, 6) is 1.56. The van der Waals surface area contributed by atoms with Gasteiger partial charge in [-0.3, -0.25) is 0 Å². The van der Waals surface area contributed by atoms with Crippen LogP contribution in [0.2, 0.25) is 0 Å². The summed E-state index contributed by atoms with van der Waals surface area (Å²) in [4.78, 5) is 4.47. The molecule has 0 amide bonds. The van der Waals surface area contributed by atoms with Crippen molar-refractivity contribution in [3.63, 3.8) is 0 Å². The molecule has 27 heavy (non-hydrogen) atoms. The first-order valence-electron chi connectivity index (χ1n) is 8.29. The Bertz CT molecular complexity index is 955. The highest BCUT2D eigenvalue weighted by molar-refractivity contribution is 7.91. The van der Waals surface area contributed by atoms with Crippen LogP contribution in [0.3, 0.4) is 0 Å². The third-order valence-electron chi connectivity index (χ3n) is 3.65. The van der Waals surface area contributed by atoms with Gasteiger partial charge in [-0.25, -0.2) is 18.1 Å². The van der Waals surface area contributed by atoms with Gasteiger partial charge in [0.2, 0.25) is 15.2 Å². The van der Waals surface area contributed by atoms with E-state index < -0.39 is 10.0 Å². The van der Waals surface area contributed by atoms with Crippen LogP contribution in [0.4, 0.5) is 5.13 Å². The van der Waals surface area contributed by atoms with Crippen LogP contribution in [0.25, 0.3) is 0 Å². The molecule has 0 unspecified atom stereocenters. The fraction of sp³-hybridized carbons (Fsp3) is 0.294. The Morgan fingerprint density at radius 2 is 2.07 bits per heavy atom. The van der Waals surface area contributed by atoms with E-state index in [0.29, 0.717) is 30.1 Å². The first-order chi connectivity index (χ1) is 13.1. The number of thiophene rings is 1. The van der Waals surface area contributed by atoms with E-state index in [0.717, 1.165) is 22.3 Å². The predicted molar refractivity (Wildman–Crippen MR) is 108 cm³/mol. The van der Waals surface area contributed by atoms with Gasteiger partial charge in [-0.15, -0.1) is 11.3 Å². The second-order valence-corrected chi connectivity index (χ2v) is 9.35. The zero-order chi connectivity index (χ0) is 19.1. The van der Waals surface area contributed by atoms with Gasteiger partial charge in [-0.05, 0) is 35.6 Å². The van der Waals surface area contributed by atoms with Crippen LogP contribution < -0.4 is 14.8 Å². The summed E-state index contributed by atoms with van der Waals surface area (Å²) in [7, 11) is -1.75. The minimum Gasteiger partial charge on any atom is -0.497 e. The molecule has 3 rings (SSSR count). The van der Waals surface area contributed by atoms with Crippen molar-refractivity contribution in [2.75, 3.05) is 25.5 Å². The van der Waals surface area contributed by atoms with E-state index >= 15 is 0 Å². The normalized spacial score (nSPS) is 11.4. The van der Waals surface area contributed by atoms with Crippen LogP contribution in [-0.4, -0.2) is 38.0 Å². The van der Waals surface area contributed by atoms with Crippen LogP contribution in [0.5, 0.6) is 5.75 Å². The molecule has 10 heteroatoms. The van der Waals surface area contributed by atoms with Crippen molar-refractivity contribution in [3.8, 4) is 5.75 Å². The number of nitrogens with one attached hydrogen (secondary N) is 2. The molecule has 0 radical (unpaired) electrons. The summed E-state index contributed by atoms with van der Waals surface area (Å²) >= 11 is 2.51. The molecular weight excluding hydrogens is 404 g/mol. The molecule has 2 aromatic heterocycles. The Labute approximate surface area is 166 Å². The zero-order valence-corrected chi connectivity index (χ0v) is 17.2. The van der Waals surface area contributed by atoms with Gasteiger partial charge in [0.05, 0.1) is 7.11 Å². The number of benzene rings is 1. The van der Waals surface area contributed by atoms with Crippen LogP contribution in [0.1, 0.15) is 17.8 Å². The molecule has 0 bridgehead atoms. The van der Waals surface area contributed by atoms with E-state index in [1.54, 1.807) is 24.6 Å². The molecule has 144 valence electrons. The molecule has 0 saturated carbocycles. The molecule has 2 heterocycles. The first-order valence-corrected chi connectivity index (χ1v) is 11.4. The average molecular weight is 425 g/mol. The third-order valence-corrected chi connectivity index (χ3v) is 7.22. The Morgan fingerprint density at radius 1 is 1.19 bits per heavy atom. The first kappa shape index (κ1) is 19.7. The van der Waals surface area contributed by atoms with Crippen LogP contribution in [0.15, 0.2) is 46.0 Å². The van der Waals surface area contributed by atoms with Crippen molar-refractivity contribution in [2.45, 2.75) is 17.1 Å². The molecule has 0 fully saturated rings. The smallest absolute Gasteiger partial charge is 0.250 e. The summed E-state index contributed by atoms with van der Waals surface area (Å²) < 4.78 is 36.5. The number of anilines is 1. The zero-order valence-electron chi connectivity index (χ0n) is 14.7. The number of rotatable bonds is 10. The van der Waals surface area contributed by atoms with E-state index in [-0.39, 0.29) is 0 Å². The molecule has 0 atom stereocenters. The SMILES string of the molecule is COc1cccc(Cc2nsc(NCCCNS(=O)(=O)c3cccs3)n2)c1. The maximum absolute atomic E-state index is 12.0. The number of ether oxygens (including phenoxy) is 1. The number of hydrogen-bond donors (Lipinski definition) is 2. The van der Waals surface area contributed by atoms with Gasteiger partial charge in [-0.2, -0.15) is 4.37 Å². The van der Waals surface area contributed by atoms with Crippen molar-refractivity contribution >= 4 is 38.0 Å². The Kier molecular flexibility index (Phi) is 6.78. The Balaban J connectivity index is 1.42. The third kappa shape index (κ3) is 5.73. The lowest BCUT2D eigenvalue weighted by Gasteiger charge is -2.05. The lowest BCUT2D eigenvalue weighted by Crippen LogP contribution is -2.25. The number of methoxy groups -OCH3 is 1. The van der Waals surface area contributed by atoms with Crippen LogP contribution in [-0.2, 0) is 16.4 Å². The number of nitrogens with zero attached hydrogens (tertiary/aromatic N) is 2. The second kappa shape index (κ2) is 9.27. The molecule has 0 aliphatic rings. The van der Waals surface area contributed by atoms with Crippen molar-refractivity contribution in [1.82, 2.24) is 14.1 Å². The molecular formula is C17H20N4O3S3. The summed E-state index contributed by atoms with van der Waals surface area (Å²) in [6, 6.07) is 11.1. The van der Waals surface area contributed by atoms with Gasteiger partial charge in [-0.1, -0.05) is 18.2 Å². The lowest BCUT2D eigenvalue weighted by atomic mass is 10.1. The summed E-state index contributed by atoms with van der Waals surface area (Å²) in [6.45, 7) is 0.976. The number of hydrogen-bond acceptors (Lipinski definition) is 8. The second-order valence-electron chi connectivity index (χ2n) is 5.65. The standard InChI is InChI=1S/C17H20N4O3S3/c1-24-14-6-2-5-13(11-14)12-15-20-17(26-21-15)18-8-4-9-19-27(22,23)16-7-3-10-25-16/h2-3,5-7,10-11,19H,4,8-9,12H2,1H3,(H,18,20,21). The average Bonchev–Trinajstić information content (AvgIpc) is 3.34. The molecule has 2 N–H and O–H groups in total. The summed E-state index contributed by atoms with van der Waals surface area (Å²) in [5, 5.41) is 5.66. The molecule has 1 aromatic carbocycles. The summed E-state index contributed by atoms with van der Waals surface area (Å²) in [5.41, 5.74) is 1.08. The number of sulfonamides is 1. The maximum atomic E-state index is 12.0. The van der Waals surface area contributed by atoms with Crippen molar-refractivity contribution in [2.24, 2.45) is 0 Å². The molecule has 7 nitrogen and oxygen atoms in total. The lowest BCUT2D eigenvalue weighted by molar-refractivity contribution is 0.414. The van der Waals surface area contributed by atoms with Crippen LogP contribution in [0, 0.1) is 0 Å². The predicted octanol–water partition coefficient (Wildman–Crippen LogP) is 2.98. The van der Waals surface area contributed by atoms with Crippen molar-refractivity contribution in [3.05, 3.63) is 53.2 Å². The quantitative estimate of drug-likeness (QED) is 0.486. The largest absolute Gasteiger partial charge is 0.497 e. The fourth-order valence-electron chi connectivity index (χ4n) is 2.34. The van der Waals surface area contributed by atoms with Gasteiger partial charge in [0.1, 0.15) is 15.8 Å². The monoisotopic (exact) mass is 424 g/mol. The fourth-order valence-corrected chi connectivity index (χ4v) is 5.06. The van der Waals surface area contributed by atoms with E-state index in [9.17, 15) is 8.42 Å². The maximum Gasteiger partial charge on any atom is 0.250 e. The van der Waals surface area contributed by atoms with Gasteiger partial charge in [0.15, 0.2) is 0 Å². The van der Waals surface area contributed by atoms with E-state index in [2.05, 4.69) is 19.4 Å². The minimum absolute atomic E-state index is 0.335. The summed E-state index contributed by atoms with van der Waals surface area (Å²) in [6.07, 6.45) is 1.28. The van der Waals surface area contributed by atoms with E-state index in [1.807, 2.05) is 24.3 Å². The van der Waals surface area contributed by atoms with E-state index in [4.69, 9.17) is 4.74 Å². The minimum atomic E-state index is -3.39. The van der Waals surface area contributed by atoms with Gasteiger partial charge < -0.3 is 10.1 Å². The molecule has 0 spiro atoms. The van der Waals surface area contributed by atoms with Crippen molar-refractivity contribution < 1.29 is 13.2 Å². The van der Waals surface area contributed by atoms with E-state index in [1.165, 1.54) is 22.9 Å². The highest BCUT2D eigenvalue weighted by Gasteiger charge is 2.13. The highest BCUT2D eigenvalue weighted by atomic mass is 32.2. The molecule has 3 aromatic rings. The molecule has 0 saturated heterocycles. The van der Waals surface area contributed by atoms with Gasteiger partial charge >= 0.3 is 0 Å². The topological polar surface area (TPSA) is 93.2 Å². The Morgan fingerprint density at radius 3 is 2.85 bits per heavy atom. The molecule has 0 aliphatic carbocycles. The van der Waals surface area contributed by atoms with Gasteiger partial charge in [0.25, 0.3) is 0 Å². The van der Waals surface area contributed by atoms with Gasteiger partial charge in [0, 0.05) is 31.0 Å². The highest BCUT2D eigenvalue weighted by Crippen LogP contribution is 2.18. The van der Waals surface area contributed by atoms with Crippen molar-refractivity contribution in [1.29, 1.82) is 0 Å². The van der Waals surface area contributed by atoms with Crippen LogP contribution >= 0.6 is 22.9 Å². The Hall–Kier alpha value is -2.01. The molecule has 0 aliphatic heterocycles.